The van der Waals surface area contributed by atoms with Crippen LogP contribution >= 0.6 is 0 Å². The number of hydrogen-bond donors (Lipinski definition) is 1. The van der Waals surface area contributed by atoms with E-state index in [4.69, 9.17) is 10.5 Å². The Morgan fingerprint density at radius 1 is 1.35 bits per heavy atom. The molecule has 0 aliphatic rings. The van der Waals surface area contributed by atoms with E-state index in [1.807, 2.05) is 13.8 Å². The molecule has 17 heavy (non-hydrogen) atoms. The van der Waals surface area contributed by atoms with Crippen LogP contribution in [0, 0.1) is 17.6 Å². The van der Waals surface area contributed by atoms with Gasteiger partial charge in [0, 0.05) is 6.07 Å². The van der Waals surface area contributed by atoms with Crippen molar-refractivity contribution in [1.82, 2.24) is 0 Å². The normalized spacial score (nSPS) is 10.6. The third-order valence-electron chi connectivity index (χ3n) is 2.23. The van der Waals surface area contributed by atoms with Crippen LogP contribution in [0.3, 0.4) is 0 Å². The lowest BCUT2D eigenvalue weighted by Gasteiger charge is -2.08. The molecule has 0 atom stereocenters. The highest BCUT2D eigenvalue weighted by atomic mass is 19.1. The van der Waals surface area contributed by atoms with Crippen LogP contribution < -0.4 is 5.73 Å². The number of ether oxygens (including phenoxy) is 1. The van der Waals surface area contributed by atoms with E-state index in [1.165, 1.54) is 0 Å². The minimum absolute atomic E-state index is 0.202. The lowest BCUT2D eigenvalue weighted by Crippen LogP contribution is -2.11. The molecule has 2 N–H and O–H groups in total. The molecule has 5 heteroatoms. The lowest BCUT2D eigenvalue weighted by molar-refractivity contribution is 0.0483. The van der Waals surface area contributed by atoms with Gasteiger partial charge in [-0.15, -0.1) is 0 Å². The van der Waals surface area contributed by atoms with Crippen LogP contribution in [0.15, 0.2) is 12.1 Å². The predicted octanol–water partition coefficient (Wildman–Crippen LogP) is 2.75. The molecule has 1 aromatic carbocycles. The summed E-state index contributed by atoms with van der Waals surface area (Å²) in [6.45, 7) is 4.15. The van der Waals surface area contributed by atoms with Crippen LogP contribution in [0.25, 0.3) is 0 Å². The zero-order valence-electron chi connectivity index (χ0n) is 9.80. The van der Waals surface area contributed by atoms with Crippen LogP contribution in [0.5, 0.6) is 0 Å². The number of nitrogen functional groups attached to an aromatic ring is 1. The molecule has 0 aliphatic carbocycles. The summed E-state index contributed by atoms with van der Waals surface area (Å²) in [4.78, 5) is 11.5. The Labute approximate surface area is 98.6 Å². The quantitative estimate of drug-likeness (QED) is 0.653. The Hall–Kier alpha value is -1.65. The molecule has 0 bridgehead atoms. The van der Waals surface area contributed by atoms with Crippen molar-refractivity contribution >= 4 is 11.7 Å². The predicted molar refractivity (Wildman–Crippen MR) is 60.5 cm³/mol. The number of nitrogens with two attached hydrogens (primary N) is 1. The molecule has 0 aromatic heterocycles. The molecule has 0 heterocycles. The summed E-state index contributed by atoms with van der Waals surface area (Å²) < 4.78 is 31.0. The molecule has 0 unspecified atom stereocenters. The average Bonchev–Trinajstić information content (AvgIpc) is 2.22. The number of halogens is 2. The van der Waals surface area contributed by atoms with Crippen LogP contribution in [0.2, 0.25) is 0 Å². The van der Waals surface area contributed by atoms with Crippen molar-refractivity contribution in [3.63, 3.8) is 0 Å². The van der Waals surface area contributed by atoms with Gasteiger partial charge in [0.05, 0.1) is 17.9 Å². The number of rotatable bonds is 4. The van der Waals surface area contributed by atoms with E-state index >= 15 is 0 Å². The first kappa shape index (κ1) is 13.4. The fraction of sp³-hybridized carbons (Fsp3) is 0.417. The molecule has 94 valence electrons. The third-order valence-corrected chi connectivity index (χ3v) is 2.23. The maximum absolute atomic E-state index is 13.3. The Kier molecular flexibility index (Phi) is 4.43. The number of carbonyl (C=O) groups excluding carboxylic acids is 1. The van der Waals surface area contributed by atoms with E-state index in [0.29, 0.717) is 18.4 Å². The molecule has 1 aromatic rings. The van der Waals surface area contributed by atoms with E-state index in [9.17, 15) is 13.6 Å². The van der Waals surface area contributed by atoms with Gasteiger partial charge >= 0.3 is 5.97 Å². The van der Waals surface area contributed by atoms with Gasteiger partial charge in [0.15, 0.2) is 0 Å². The van der Waals surface area contributed by atoms with Crippen molar-refractivity contribution in [1.29, 1.82) is 0 Å². The maximum Gasteiger partial charge on any atom is 0.341 e. The number of anilines is 1. The Morgan fingerprint density at radius 3 is 2.59 bits per heavy atom. The van der Waals surface area contributed by atoms with Crippen molar-refractivity contribution in [2.75, 3.05) is 12.3 Å². The van der Waals surface area contributed by atoms with Crippen molar-refractivity contribution < 1.29 is 18.3 Å². The molecule has 0 fully saturated rings. The highest BCUT2D eigenvalue weighted by molar-refractivity contribution is 5.90. The van der Waals surface area contributed by atoms with Gasteiger partial charge in [0.25, 0.3) is 0 Å². The first-order valence-corrected chi connectivity index (χ1v) is 5.33. The second-order valence-corrected chi connectivity index (χ2v) is 4.17. The fourth-order valence-electron chi connectivity index (χ4n) is 1.19. The van der Waals surface area contributed by atoms with E-state index in [2.05, 4.69) is 0 Å². The summed E-state index contributed by atoms with van der Waals surface area (Å²) in [6, 6.07) is 1.52. The van der Waals surface area contributed by atoms with E-state index in [0.717, 1.165) is 6.07 Å². The highest BCUT2D eigenvalue weighted by Crippen LogP contribution is 2.17. The van der Waals surface area contributed by atoms with Crippen LogP contribution in [-0.2, 0) is 4.74 Å². The summed E-state index contributed by atoms with van der Waals surface area (Å²) in [5.41, 5.74) is 4.64. The van der Waals surface area contributed by atoms with Gasteiger partial charge in [0.1, 0.15) is 11.6 Å². The summed E-state index contributed by atoms with van der Waals surface area (Å²) in [5.74, 6) is -2.30. The summed E-state index contributed by atoms with van der Waals surface area (Å²) >= 11 is 0. The van der Waals surface area contributed by atoms with Gasteiger partial charge in [-0.2, -0.15) is 0 Å². The summed E-state index contributed by atoms with van der Waals surface area (Å²) in [7, 11) is 0. The van der Waals surface area contributed by atoms with E-state index in [1.54, 1.807) is 0 Å². The van der Waals surface area contributed by atoms with Gasteiger partial charge in [-0.3, -0.25) is 0 Å². The molecule has 0 saturated heterocycles. The van der Waals surface area contributed by atoms with Gasteiger partial charge in [-0.05, 0) is 18.4 Å². The highest BCUT2D eigenvalue weighted by Gasteiger charge is 2.16. The molecular weight excluding hydrogens is 228 g/mol. The minimum atomic E-state index is -0.966. The first-order chi connectivity index (χ1) is 7.91. The average molecular weight is 243 g/mol. The van der Waals surface area contributed by atoms with Crippen LogP contribution in [0.4, 0.5) is 14.5 Å². The third kappa shape index (κ3) is 3.69. The molecule has 0 saturated carbocycles. The topological polar surface area (TPSA) is 52.3 Å². The Morgan fingerprint density at radius 2 is 2.00 bits per heavy atom. The zero-order chi connectivity index (χ0) is 13.0. The van der Waals surface area contributed by atoms with E-state index < -0.39 is 17.6 Å². The van der Waals surface area contributed by atoms with Gasteiger partial charge in [-0.25, -0.2) is 13.6 Å². The van der Waals surface area contributed by atoms with E-state index in [-0.39, 0.29) is 17.9 Å². The van der Waals surface area contributed by atoms with Gasteiger partial charge in [-0.1, -0.05) is 13.8 Å². The number of benzene rings is 1. The molecule has 1 rings (SSSR count). The first-order valence-electron chi connectivity index (χ1n) is 5.33. The molecule has 0 aliphatic heterocycles. The zero-order valence-corrected chi connectivity index (χ0v) is 9.80. The van der Waals surface area contributed by atoms with Crippen molar-refractivity contribution in [3.8, 4) is 0 Å². The molecule has 0 radical (unpaired) electrons. The monoisotopic (exact) mass is 243 g/mol. The van der Waals surface area contributed by atoms with Crippen LogP contribution in [-0.4, -0.2) is 12.6 Å². The van der Waals surface area contributed by atoms with Crippen molar-refractivity contribution in [3.05, 3.63) is 29.3 Å². The fourth-order valence-corrected chi connectivity index (χ4v) is 1.19. The number of carbonyl (C=O) groups is 1. The molecule has 0 spiro atoms. The lowest BCUT2D eigenvalue weighted by atomic mass is 10.1. The number of hydrogen-bond acceptors (Lipinski definition) is 3. The van der Waals surface area contributed by atoms with Gasteiger partial charge in [0.2, 0.25) is 0 Å². The minimum Gasteiger partial charge on any atom is -0.462 e. The molecule has 0 amide bonds. The second kappa shape index (κ2) is 5.61. The standard InChI is InChI=1S/C12H15F2NO2/c1-7(2)3-4-17-12(16)8-5-11(15)10(14)6-9(8)13/h5-7H,3-4,15H2,1-2H3. The van der Waals surface area contributed by atoms with Crippen molar-refractivity contribution in [2.45, 2.75) is 20.3 Å². The summed E-state index contributed by atoms with van der Waals surface area (Å²) in [5, 5.41) is 0. The second-order valence-electron chi connectivity index (χ2n) is 4.17. The largest absolute Gasteiger partial charge is 0.462 e. The summed E-state index contributed by atoms with van der Waals surface area (Å²) in [6.07, 6.45) is 0.685. The smallest absolute Gasteiger partial charge is 0.341 e. The maximum atomic E-state index is 13.3. The molecule has 3 nitrogen and oxygen atoms in total. The Bertz CT molecular complexity index is 419. The van der Waals surface area contributed by atoms with Crippen LogP contribution in [0.1, 0.15) is 30.6 Å². The SMILES string of the molecule is CC(C)CCOC(=O)c1cc(N)c(F)cc1F. The van der Waals surface area contributed by atoms with Crippen molar-refractivity contribution in [2.24, 2.45) is 5.92 Å². The molecular formula is C12H15F2NO2. The Balaban J connectivity index is 2.72. The number of esters is 1. The van der Waals surface area contributed by atoms with Gasteiger partial charge < -0.3 is 10.5 Å².